The lowest BCUT2D eigenvalue weighted by Crippen LogP contribution is -2.15. The van der Waals surface area contributed by atoms with Crippen molar-refractivity contribution in [2.45, 2.75) is 18.8 Å². The Balaban J connectivity index is 1.69. The van der Waals surface area contributed by atoms with Crippen LogP contribution >= 0.6 is 11.3 Å². The first-order chi connectivity index (χ1) is 9.63. The number of anilines is 1. The van der Waals surface area contributed by atoms with Crippen LogP contribution in [0.4, 0.5) is 5.13 Å². The first-order valence-corrected chi connectivity index (χ1v) is 6.83. The van der Waals surface area contributed by atoms with Gasteiger partial charge >= 0.3 is 5.97 Å². The fourth-order valence-corrected chi connectivity index (χ4v) is 2.41. The van der Waals surface area contributed by atoms with Crippen molar-refractivity contribution >= 4 is 28.3 Å². The second-order valence-electron chi connectivity index (χ2n) is 4.40. The molecule has 20 heavy (non-hydrogen) atoms. The number of thiazole rings is 1. The number of carboxylic acid groups (broad SMARTS) is 1. The maximum Gasteiger partial charge on any atom is 0.356 e. The fraction of sp³-hybridized carbons (Fsp3) is 0.250. The van der Waals surface area contributed by atoms with Crippen molar-refractivity contribution in [3.8, 4) is 0 Å². The molecule has 102 valence electrons. The summed E-state index contributed by atoms with van der Waals surface area (Å²) >= 11 is 1.36. The number of hydrogen-bond acceptors (Lipinski definition) is 6. The van der Waals surface area contributed by atoms with Crippen LogP contribution in [0.25, 0.3) is 0 Å². The number of hydrogen-bond donors (Lipinski definition) is 2. The van der Waals surface area contributed by atoms with Crippen molar-refractivity contribution in [1.82, 2.24) is 15.0 Å². The van der Waals surface area contributed by atoms with Gasteiger partial charge in [0.1, 0.15) is 5.69 Å². The molecule has 1 aliphatic carbocycles. The number of carbonyl (C=O) groups excluding carboxylic acids is 1. The molecular formula is C12H10N4O3S. The van der Waals surface area contributed by atoms with Crippen molar-refractivity contribution in [2.75, 3.05) is 5.32 Å². The van der Waals surface area contributed by atoms with Crippen LogP contribution in [0.2, 0.25) is 0 Å². The van der Waals surface area contributed by atoms with Gasteiger partial charge in [0.2, 0.25) is 0 Å². The van der Waals surface area contributed by atoms with Gasteiger partial charge in [0.25, 0.3) is 5.91 Å². The Hall–Kier alpha value is -2.35. The van der Waals surface area contributed by atoms with E-state index in [0.29, 0.717) is 11.0 Å². The average molecular weight is 290 g/mol. The van der Waals surface area contributed by atoms with E-state index in [1.807, 2.05) is 5.38 Å². The van der Waals surface area contributed by atoms with Crippen LogP contribution in [0.15, 0.2) is 17.8 Å². The minimum Gasteiger partial charge on any atom is -0.476 e. The molecule has 0 unspecified atom stereocenters. The molecule has 0 aliphatic heterocycles. The quantitative estimate of drug-likeness (QED) is 0.889. The van der Waals surface area contributed by atoms with Crippen LogP contribution in [0.1, 0.15) is 45.4 Å². The van der Waals surface area contributed by atoms with Crippen molar-refractivity contribution in [3.63, 3.8) is 0 Å². The number of nitrogens with zero attached hydrogens (tertiary/aromatic N) is 3. The zero-order valence-corrected chi connectivity index (χ0v) is 11.1. The Labute approximate surface area is 117 Å². The molecule has 0 bridgehead atoms. The Morgan fingerprint density at radius 1 is 1.25 bits per heavy atom. The van der Waals surface area contributed by atoms with Crippen LogP contribution in [0.5, 0.6) is 0 Å². The monoisotopic (exact) mass is 290 g/mol. The zero-order chi connectivity index (χ0) is 14.1. The van der Waals surface area contributed by atoms with Gasteiger partial charge in [0.05, 0.1) is 18.1 Å². The van der Waals surface area contributed by atoms with Gasteiger partial charge in [0, 0.05) is 11.3 Å². The molecule has 0 atom stereocenters. The summed E-state index contributed by atoms with van der Waals surface area (Å²) < 4.78 is 0. The summed E-state index contributed by atoms with van der Waals surface area (Å²) in [6, 6.07) is 0. The van der Waals surface area contributed by atoms with E-state index in [0.717, 1.165) is 30.9 Å². The van der Waals surface area contributed by atoms with Gasteiger partial charge < -0.3 is 5.11 Å². The van der Waals surface area contributed by atoms with E-state index in [1.54, 1.807) is 0 Å². The van der Waals surface area contributed by atoms with E-state index in [1.165, 1.54) is 11.3 Å². The third kappa shape index (κ3) is 2.64. The molecular weight excluding hydrogens is 280 g/mol. The zero-order valence-electron chi connectivity index (χ0n) is 10.2. The highest BCUT2D eigenvalue weighted by Crippen LogP contribution is 2.40. The van der Waals surface area contributed by atoms with Gasteiger partial charge in [-0.25, -0.2) is 19.7 Å². The molecule has 0 aromatic carbocycles. The lowest BCUT2D eigenvalue weighted by atomic mass is 10.3. The largest absolute Gasteiger partial charge is 0.476 e. The predicted octanol–water partition coefficient (Wildman–Crippen LogP) is 1.76. The number of aromatic nitrogens is 3. The van der Waals surface area contributed by atoms with Gasteiger partial charge in [-0.05, 0) is 12.8 Å². The second kappa shape index (κ2) is 4.97. The smallest absolute Gasteiger partial charge is 0.356 e. The Kier molecular flexibility index (Phi) is 3.15. The molecule has 1 aliphatic rings. The predicted molar refractivity (Wildman–Crippen MR) is 71.0 cm³/mol. The molecule has 0 radical (unpaired) electrons. The van der Waals surface area contributed by atoms with Gasteiger partial charge in [-0.15, -0.1) is 11.3 Å². The van der Waals surface area contributed by atoms with Crippen LogP contribution < -0.4 is 5.32 Å². The Bertz CT molecular complexity index is 664. The van der Waals surface area contributed by atoms with Crippen molar-refractivity contribution in [2.24, 2.45) is 0 Å². The van der Waals surface area contributed by atoms with Crippen molar-refractivity contribution < 1.29 is 14.7 Å². The van der Waals surface area contributed by atoms with Gasteiger partial charge in [-0.1, -0.05) is 0 Å². The highest BCUT2D eigenvalue weighted by atomic mass is 32.1. The first kappa shape index (κ1) is 12.7. The number of nitrogens with one attached hydrogen (secondary N) is 1. The molecule has 2 aromatic heterocycles. The van der Waals surface area contributed by atoms with E-state index in [-0.39, 0.29) is 11.4 Å². The number of carbonyl (C=O) groups is 2. The third-order valence-corrected chi connectivity index (χ3v) is 3.62. The van der Waals surface area contributed by atoms with E-state index >= 15 is 0 Å². The van der Waals surface area contributed by atoms with Crippen LogP contribution in [-0.2, 0) is 0 Å². The third-order valence-electron chi connectivity index (χ3n) is 2.84. The van der Waals surface area contributed by atoms with E-state index in [9.17, 15) is 9.59 Å². The molecule has 3 rings (SSSR count). The molecule has 1 saturated carbocycles. The van der Waals surface area contributed by atoms with E-state index in [2.05, 4.69) is 20.3 Å². The molecule has 2 aromatic rings. The summed E-state index contributed by atoms with van der Waals surface area (Å²) in [6.07, 6.45) is 4.49. The lowest BCUT2D eigenvalue weighted by molar-refractivity contribution is 0.0689. The van der Waals surface area contributed by atoms with Crippen LogP contribution in [0, 0.1) is 0 Å². The fourth-order valence-electron chi connectivity index (χ4n) is 1.63. The number of rotatable bonds is 4. The first-order valence-electron chi connectivity index (χ1n) is 5.95. The highest BCUT2D eigenvalue weighted by Gasteiger charge is 2.26. The minimum absolute atomic E-state index is 0.0539. The Morgan fingerprint density at radius 3 is 2.55 bits per heavy atom. The highest BCUT2D eigenvalue weighted by molar-refractivity contribution is 7.14. The second-order valence-corrected chi connectivity index (χ2v) is 5.26. The molecule has 7 nitrogen and oxygen atoms in total. The summed E-state index contributed by atoms with van der Waals surface area (Å²) in [4.78, 5) is 34.3. The van der Waals surface area contributed by atoms with E-state index < -0.39 is 11.9 Å². The van der Waals surface area contributed by atoms with E-state index in [4.69, 9.17) is 5.11 Å². The SMILES string of the molecule is O=C(O)c1cnc(C(=O)Nc2nc(C3CC3)cs2)cn1. The van der Waals surface area contributed by atoms with Crippen molar-refractivity contribution in [1.29, 1.82) is 0 Å². The molecule has 1 amide bonds. The minimum atomic E-state index is -1.18. The van der Waals surface area contributed by atoms with Gasteiger partial charge in [-0.2, -0.15) is 0 Å². The maximum atomic E-state index is 11.9. The standard InChI is InChI=1S/C12H10N4O3S/c17-10(7-3-14-8(4-13-7)11(18)19)16-12-15-9(5-20-12)6-1-2-6/h3-6H,1-2H2,(H,18,19)(H,15,16,17). The summed E-state index contributed by atoms with van der Waals surface area (Å²) in [5, 5.41) is 13.8. The normalized spacial score (nSPS) is 14.0. The molecule has 2 N–H and O–H groups in total. The Morgan fingerprint density at radius 2 is 1.95 bits per heavy atom. The van der Waals surface area contributed by atoms with Crippen molar-refractivity contribution in [3.05, 3.63) is 34.9 Å². The molecule has 8 heteroatoms. The van der Waals surface area contributed by atoms with Crippen LogP contribution in [-0.4, -0.2) is 31.9 Å². The average Bonchev–Trinajstić information content (AvgIpc) is 3.20. The summed E-state index contributed by atoms with van der Waals surface area (Å²) in [7, 11) is 0. The summed E-state index contributed by atoms with van der Waals surface area (Å²) in [5.74, 6) is -1.10. The molecule has 1 fully saturated rings. The number of carboxylic acids is 1. The molecule has 0 saturated heterocycles. The number of aromatic carboxylic acids is 1. The maximum absolute atomic E-state index is 11.9. The number of amides is 1. The molecule has 0 spiro atoms. The summed E-state index contributed by atoms with van der Waals surface area (Å²) in [5.41, 5.74) is 0.864. The van der Waals surface area contributed by atoms with Crippen LogP contribution in [0.3, 0.4) is 0 Å². The van der Waals surface area contributed by atoms with Gasteiger partial charge in [0.15, 0.2) is 10.8 Å². The molecule has 2 heterocycles. The topological polar surface area (TPSA) is 105 Å². The van der Waals surface area contributed by atoms with Gasteiger partial charge in [-0.3, -0.25) is 10.1 Å². The lowest BCUT2D eigenvalue weighted by Gasteiger charge is -2.00. The summed E-state index contributed by atoms with van der Waals surface area (Å²) in [6.45, 7) is 0.